The lowest BCUT2D eigenvalue weighted by Gasteiger charge is -2.33. The molecule has 0 aromatic heterocycles. The molecule has 0 rings (SSSR count). The highest BCUT2D eigenvalue weighted by molar-refractivity contribution is 5.75. The van der Waals surface area contributed by atoms with Gasteiger partial charge in [-0.2, -0.15) is 0 Å². The van der Waals surface area contributed by atoms with Crippen LogP contribution >= 0.6 is 0 Å². The molecule has 0 saturated heterocycles. The molecular weight excluding hydrogens is 344 g/mol. The third kappa shape index (κ3) is 13.8. The third-order valence-corrected chi connectivity index (χ3v) is 3.37. The van der Waals surface area contributed by atoms with Crippen LogP contribution in [0.4, 0.5) is 0 Å². The topological polar surface area (TPSA) is 105 Å². The Morgan fingerprint density at radius 3 is 1.35 bits per heavy atom. The number of ketones is 1. The Balaban J connectivity index is 4.77. The minimum Gasteiger partial charge on any atom is -0.380 e. The van der Waals surface area contributed by atoms with Gasteiger partial charge in [-0.15, -0.1) is 0 Å². The fourth-order valence-corrected chi connectivity index (χ4v) is 2.01. The van der Waals surface area contributed by atoms with Gasteiger partial charge in [0.2, 0.25) is 0 Å². The maximum atomic E-state index is 11.0. The number of rotatable bonds is 20. The summed E-state index contributed by atoms with van der Waals surface area (Å²) < 4.78 is 22.3. The van der Waals surface area contributed by atoms with Crippen molar-refractivity contribution in [3.63, 3.8) is 0 Å². The summed E-state index contributed by atoms with van der Waals surface area (Å²) in [4.78, 5) is 42.4. The summed E-state index contributed by atoms with van der Waals surface area (Å²) in [5, 5.41) is 0. The maximum Gasteiger partial charge on any atom is 0.132 e. The number of hydrogen-bond acceptors (Lipinski definition) is 8. The van der Waals surface area contributed by atoms with Gasteiger partial charge in [0, 0.05) is 25.7 Å². The van der Waals surface area contributed by atoms with Crippen LogP contribution < -0.4 is 0 Å². The first-order valence-electron chi connectivity index (χ1n) is 8.71. The highest BCUT2D eigenvalue weighted by Gasteiger charge is 2.32. The fraction of sp³-hybridized carbons (Fsp3) is 0.778. The van der Waals surface area contributed by atoms with E-state index >= 15 is 0 Å². The molecule has 150 valence electrons. The second kappa shape index (κ2) is 17.0. The van der Waals surface area contributed by atoms with Gasteiger partial charge < -0.3 is 33.3 Å². The van der Waals surface area contributed by atoms with Gasteiger partial charge in [0.15, 0.2) is 0 Å². The molecular formula is C18H30O8. The molecule has 0 aromatic rings. The first kappa shape index (κ1) is 24.5. The Morgan fingerprint density at radius 2 is 1.04 bits per heavy atom. The van der Waals surface area contributed by atoms with E-state index in [1.54, 1.807) is 0 Å². The van der Waals surface area contributed by atoms with Gasteiger partial charge in [0.1, 0.15) is 24.6 Å². The van der Waals surface area contributed by atoms with Crippen LogP contribution in [0.2, 0.25) is 0 Å². The van der Waals surface area contributed by atoms with Crippen molar-refractivity contribution in [1.82, 2.24) is 0 Å². The van der Waals surface area contributed by atoms with Gasteiger partial charge in [0.05, 0.1) is 58.3 Å². The number of Topliss-reactive ketones (excluding diaryl/α,β-unsaturated/α-hetero) is 1. The third-order valence-electron chi connectivity index (χ3n) is 3.37. The van der Waals surface area contributed by atoms with Crippen molar-refractivity contribution in [3.05, 3.63) is 0 Å². The van der Waals surface area contributed by atoms with Crippen molar-refractivity contribution >= 4 is 24.6 Å². The molecule has 0 N–H and O–H groups in total. The first-order valence-corrected chi connectivity index (χ1v) is 8.71. The lowest BCUT2D eigenvalue weighted by molar-refractivity contribution is -0.122. The molecule has 0 atom stereocenters. The van der Waals surface area contributed by atoms with Crippen LogP contribution in [0.1, 0.15) is 32.6 Å². The van der Waals surface area contributed by atoms with E-state index in [0.717, 1.165) is 18.9 Å². The molecule has 0 saturated carbocycles. The lowest BCUT2D eigenvalue weighted by atomic mass is 9.92. The molecule has 0 aliphatic rings. The second-order valence-electron chi connectivity index (χ2n) is 6.03. The maximum absolute atomic E-state index is 11.0. The molecule has 0 unspecified atom stereocenters. The molecule has 0 amide bonds. The molecule has 8 nitrogen and oxygen atoms in total. The number of aldehydes is 3. The first-order chi connectivity index (χ1) is 12.6. The Morgan fingerprint density at radius 1 is 0.692 bits per heavy atom. The molecule has 0 fully saturated rings. The van der Waals surface area contributed by atoms with Crippen LogP contribution in [0, 0.1) is 5.41 Å². The Labute approximate surface area is 154 Å². The summed E-state index contributed by atoms with van der Waals surface area (Å²) in [7, 11) is 0. The van der Waals surface area contributed by atoms with Crippen LogP contribution in [0.25, 0.3) is 0 Å². The Bertz CT molecular complexity index is 356. The molecule has 0 aliphatic heterocycles. The van der Waals surface area contributed by atoms with E-state index in [4.69, 9.17) is 18.9 Å². The fourth-order valence-electron chi connectivity index (χ4n) is 2.01. The smallest absolute Gasteiger partial charge is 0.132 e. The van der Waals surface area contributed by atoms with E-state index in [1.807, 2.05) is 0 Å². The SMILES string of the molecule is CC(=O)CCOCC(COCCC=O)(COCCC=O)COCCC=O. The monoisotopic (exact) mass is 374 g/mol. The van der Waals surface area contributed by atoms with E-state index in [9.17, 15) is 19.2 Å². The van der Waals surface area contributed by atoms with E-state index in [1.165, 1.54) is 6.92 Å². The van der Waals surface area contributed by atoms with Crippen molar-refractivity contribution in [2.24, 2.45) is 5.41 Å². The molecule has 0 heterocycles. The van der Waals surface area contributed by atoms with Crippen molar-refractivity contribution in [2.45, 2.75) is 32.6 Å². The minimum absolute atomic E-state index is 0.0299. The van der Waals surface area contributed by atoms with Crippen LogP contribution in [-0.2, 0) is 38.1 Å². The standard InChI is InChI=1S/C18H30O8/c1-17(22)5-12-26-16-18(13-23-9-2-6-19,14-24-10-3-7-20)15-25-11-4-8-21/h6-8H,2-5,9-16H2,1H3. The largest absolute Gasteiger partial charge is 0.380 e. The van der Waals surface area contributed by atoms with Crippen molar-refractivity contribution in [1.29, 1.82) is 0 Å². The molecule has 0 aromatic carbocycles. The van der Waals surface area contributed by atoms with E-state index in [2.05, 4.69) is 0 Å². The van der Waals surface area contributed by atoms with Gasteiger partial charge in [-0.1, -0.05) is 0 Å². The van der Waals surface area contributed by atoms with Crippen LogP contribution in [0.5, 0.6) is 0 Å². The molecule has 0 spiro atoms. The highest BCUT2D eigenvalue weighted by Crippen LogP contribution is 2.21. The summed E-state index contributed by atoms with van der Waals surface area (Å²) in [5.41, 5.74) is -0.661. The van der Waals surface area contributed by atoms with E-state index in [0.29, 0.717) is 6.42 Å². The van der Waals surface area contributed by atoms with Crippen molar-refractivity contribution in [3.8, 4) is 0 Å². The summed E-state index contributed by atoms with van der Waals surface area (Å²) in [5.74, 6) is 0.0299. The summed E-state index contributed by atoms with van der Waals surface area (Å²) in [6.45, 7) is 3.46. The predicted octanol–water partition coefficient (Wildman–Crippen LogP) is 0.785. The molecule has 8 heteroatoms. The number of hydrogen-bond donors (Lipinski definition) is 0. The van der Waals surface area contributed by atoms with Gasteiger partial charge >= 0.3 is 0 Å². The number of carbonyl (C=O) groups is 4. The zero-order chi connectivity index (χ0) is 19.5. The van der Waals surface area contributed by atoms with E-state index in [-0.39, 0.29) is 77.9 Å². The molecule has 26 heavy (non-hydrogen) atoms. The molecule has 0 aliphatic carbocycles. The van der Waals surface area contributed by atoms with Gasteiger partial charge in [0.25, 0.3) is 0 Å². The lowest BCUT2D eigenvalue weighted by Crippen LogP contribution is -2.42. The summed E-state index contributed by atoms with van der Waals surface area (Å²) in [6.07, 6.45) is 3.45. The second-order valence-corrected chi connectivity index (χ2v) is 6.03. The zero-order valence-corrected chi connectivity index (χ0v) is 15.5. The van der Waals surface area contributed by atoms with Crippen molar-refractivity contribution in [2.75, 3.05) is 52.9 Å². The van der Waals surface area contributed by atoms with Gasteiger partial charge in [-0.3, -0.25) is 4.79 Å². The quantitative estimate of drug-likeness (QED) is 0.227. The average molecular weight is 374 g/mol. The summed E-state index contributed by atoms with van der Waals surface area (Å²) >= 11 is 0. The number of carbonyl (C=O) groups excluding carboxylic acids is 4. The van der Waals surface area contributed by atoms with Gasteiger partial charge in [-0.05, 0) is 6.92 Å². The Kier molecular flexibility index (Phi) is 16.0. The average Bonchev–Trinajstić information content (AvgIpc) is 2.63. The van der Waals surface area contributed by atoms with Crippen LogP contribution in [-0.4, -0.2) is 77.5 Å². The predicted molar refractivity (Wildman–Crippen MR) is 93.1 cm³/mol. The summed E-state index contributed by atoms with van der Waals surface area (Å²) in [6, 6.07) is 0. The molecule has 0 radical (unpaired) electrons. The minimum atomic E-state index is -0.661. The normalized spacial score (nSPS) is 11.3. The Hall–Kier alpha value is -1.48. The van der Waals surface area contributed by atoms with Crippen LogP contribution in [0.15, 0.2) is 0 Å². The van der Waals surface area contributed by atoms with Crippen LogP contribution in [0.3, 0.4) is 0 Å². The molecule has 0 bridgehead atoms. The zero-order valence-electron chi connectivity index (χ0n) is 15.5. The van der Waals surface area contributed by atoms with E-state index < -0.39 is 5.41 Å². The van der Waals surface area contributed by atoms with Crippen molar-refractivity contribution < 1.29 is 38.1 Å². The van der Waals surface area contributed by atoms with Gasteiger partial charge in [-0.25, -0.2) is 0 Å². The number of ether oxygens (including phenoxy) is 4. The highest BCUT2D eigenvalue weighted by atomic mass is 16.5.